The minimum absolute atomic E-state index is 0.0588. The van der Waals surface area contributed by atoms with Gasteiger partial charge in [0.1, 0.15) is 18.1 Å². The van der Waals surface area contributed by atoms with E-state index in [0.29, 0.717) is 23.0 Å². The van der Waals surface area contributed by atoms with Crippen molar-refractivity contribution >= 4 is 23.4 Å². The Bertz CT molecular complexity index is 814. The number of hydrogen-bond acceptors (Lipinski definition) is 4. The van der Waals surface area contributed by atoms with Gasteiger partial charge < -0.3 is 14.8 Å². The van der Waals surface area contributed by atoms with Crippen LogP contribution in [0.5, 0.6) is 0 Å². The molecule has 0 aliphatic heterocycles. The molecule has 0 atom stereocenters. The fraction of sp³-hybridized carbons (Fsp3) is 0.105. The molecule has 0 aliphatic rings. The van der Waals surface area contributed by atoms with Gasteiger partial charge in [0.25, 0.3) is 0 Å². The molecule has 1 aromatic heterocycles. The van der Waals surface area contributed by atoms with Gasteiger partial charge in [-0.3, -0.25) is 4.79 Å². The predicted molar refractivity (Wildman–Crippen MR) is 95.9 cm³/mol. The maximum Gasteiger partial charge on any atom is 0.234 e. The molecule has 1 amide bonds. The van der Waals surface area contributed by atoms with Gasteiger partial charge in [0, 0.05) is 16.1 Å². The van der Waals surface area contributed by atoms with Crippen molar-refractivity contribution in [3.8, 4) is 11.3 Å². The van der Waals surface area contributed by atoms with Gasteiger partial charge in [-0.05, 0) is 36.4 Å². The molecule has 0 saturated carbocycles. The second kappa shape index (κ2) is 7.86. The summed E-state index contributed by atoms with van der Waals surface area (Å²) in [5.74, 6) is 1.47. The summed E-state index contributed by atoms with van der Waals surface area (Å²) in [5, 5.41) is 12.0. The Morgan fingerprint density at radius 1 is 1.04 bits per heavy atom. The molecule has 0 bridgehead atoms. The number of carbonyl (C=O) groups excluding carboxylic acids is 1. The van der Waals surface area contributed by atoms with Gasteiger partial charge in [0.05, 0.1) is 5.75 Å². The van der Waals surface area contributed by atoms with E-state index in [0.717, 1.165) is 10.5 Å². The average molecular weight is 339 g/mol. The predicted octanol–water partition coefficient (Wildman–Crippen LogP) is 4.17. The van der Waals surface area contributed by atoms with Crippen molar-refractivity contribution in [3.05, 3.63) is 72.5 Å². The molecule has 4 nitrogen and oxygen atoms in total. The summed E-state index contributed by atoms with van der Waals surface area (Å²) in [7, 11) is 0. The van der Waals surface area contributed by atoms with Gasteiger partial charge in [0.2, 0.25) is 5.91 Å². The Balaban J connectivity index is 1.62. The summed E-state index contributed by atoms with van der Waals surface area (Å²) in [6, 6.07) is 20.8. The molecule has 2 aromatic carbocycles. The number of carbonyl (C=O) groups is 1. The largest absolute Gasteiger partial charge is 0.459 e. The summed E-state index contributed by atoms with van der Waals surface area (Å²) >= 11 is 1.50. The highest BCUT2D eigenvalue weighted by Gasteiger charge is 2.07. The van der Waals surface area contributed by atoms with E-state index in [9.17, 15) is 4.79 Å². The third kappa shape index (κ3) is 4.28. The van der Waals surface area contributed by atoms with Gasteiger partial charge in [-0.2, -0.15) is 0 Å². The summed E-state index contributed by atoms with van der Waals surface area (Å²) in [6.07, 6.45) is 0. The zero-order valence-electron chi connectivity index (χ0n) is 12.9. The number of aliphatic hydroxyl groups is 1. The minimum Gasteiger partial charge on any atom is -0.459 e. The van der Waals surface area contributed by atoms with Crippen molar-refractivity contribution in [1.29, 1.82) is 0 Å². The second-order valence-corrected chi connectivity index (χ2v) is 6.20. The van der Waals surface area contributed by atoms with E-state index in [4.69, 9.17) is 9.52 Å². The lowest BCUT2D eigenvalue weighted by Gasteiger charge is -2.06. The van der Waals surface area contributed by atoms with Gasteiger partial charge in [-0.25, -0.2) is 0 Å². The quantitative estimate of drug-likeness (QED) is 0.662. The monoisotopic (exact) mass is 339 g/mol. The van der Waals surface area contributed by atoms with Gasteiger partial charge in [-0.15, -0.1) is 11.8 Å². The molecule has 24 heavy (non-hydrogen) atoms. The first kappa shape index (κ1) is 16.4. The SMILES string of the molecule is O=C(CSc1ccccc1)Nc1cccc(-c2ccc(CO)o2)c1. The number of rotatable bonds is 6. The number of thioether (sulfide) groups is 1. The Hall–Kier alpha value is -2.50. The Labute approximate surface area is 144 Å². The van der Waals surface area contributed by atoms with E-state index in [2.05, 4.69) is 5.32 Å². The Kier molecular flexibility index (Phi) is 5.36. The van der Waals surface area contributed by atoms with E-state index in [1.165, 1.54) is 11.8 Å². The molecule has 0 spiro atoms. The van der Waals surface area contributed by atoms with Gasteiger partial charge in [-0.1, -0.05) is 30.3 Å². The highest BCUT2D eigenvalue weighted by Crippen LogP contribution is 2.25. The van der Waals surface area contributed by atoms with Crippen LogP contribution < -0.4 is 5.32 Å². The van der Waals surface area contributed by atoms with Crippen LogP contribution in [0.4, 0.5) is 5.69 Å². The minimum atomic E-state index is -0.132. The molecular formula is C19H17NO3S. The van der Waals surface area contributed by atoms with Crippen LogP contribution in [-0.2, 0) is 11.4 Å². The fourth-order valence-electron chi connectivity index (χ4n) is 2.23. The lowest BCUT2D eigenvalue weighted by molar-refractivity contribution is -0.113. The van der Waals surface area contributed by atoms with E-state index in [-0.39, 0.29) is 12.5 Å². The Morgan fingerprint density at radius 2 is 1.88 bits per heavy atom. The lowest BCUT2D eigenvalue weighted by Crippen LogP contribution is -2.13. The van der Waals surface area contributed by atoms with Crippen LogP contribution in [-0.4, -0.2) is 16.8 Å². The summed E-state index contributed by atoms with van der Waals surface area (Å²) in [5.41, 5.74) is 1.57. The molecule has 0 aliphatic carbocycles. The maximum absolute atomic E-state index is 12.1. The smallest absolute Gasteiger partial charge is 0.234 e. The molecule has 0 saturated heterocycles. The van der Waals surface area contributed by atoms with E-state index < -0.39 is 0 Å². The van der Waals surface area contributed by atoms with Crippen molar-refractivity contribution in [3.63, 3.8) is 0 Å². The number of amides is 1. The summed E-state index contributed by atoms with van der Waals surface area (Å²) in [4.78, 5) is 13.2. The normalized spacial score (nSPS) is 10.5. The highest BCUT2D eigenvalue weighted by atomic mass is 32.2. The molecular weight excluding hydrogens is 322 g/mol. The first-order valence-electron chi connectivity index (χ1n) is 7.52. The average Bonchev–Trinajstić information content (AvgIpc) is 3.10. The zero-order chi connectivity index (χ0) is 16.8. The molecule has 0 radical (unpaired) electrons. The molecule has 5 heteroatoms. The van der Waals surface area contributed by atoms with Gasteiger partial charge >= 0.3 is 0 Å². The van der Waals surface area contributed by atoms with Gasteiger partial charge in [0.15, 0.2) is 0 Å². The number of hydrogen-bond donors (Lipinski definition) is 2. The standard InChI is InChI=1S/C19H17NO3S/c21-12-16-9-10-18(23-16)14-5-4-6-15(11-14)20-19(22)13-24-17-7-2-1-3-8-17/h1-11,21H,12-13H2,(H,20,22). The lowest BCUT2D eigenvalue weighted by atomic mass is 10.1. The summed E-state index contributed by atoms with van der Waals surface area (Å²) < 4.78 is 5.52. The number of nitrogens with one attached hydrogen (secondary N) is 1. The van der Waals surface area contributed by atoms with Crippen molar-refractivity contribution in [1.82, 2.24) is 0 Å². The van der Waals surface area contributed by atoms with Crippen molar-refractivity contribution in [2.75, 3.05) is 11.1 Å². The summed E-state index contributed by atoms with van der Waals surface area (Å²) in [6.45, 7) is -0.132. The third-order valence-electron chi connectivity index (χ3n) is 3.36. The molecule has 122 valence electrons. The highest BCUT2D eigenvalue weighted by molar-refractivity contribution is 8.00. The molecule has 0 fully saturated rings. The number of benzene rings is 2. The van der Waals surface area contributed by atoms with Crippen LogP contribution in [0.25, 0.3) is 11.3 Å². The molecule has 0 unspecified atom stereocenters. The van der Waals surface area contributed by atoms with Crippen LogP contribution >= 0.6 is 11.8 Å². The molecule has 1 heterocycles. The number of furan rings is 1. The first-order valence-corrected chi connectivity index (χ1v) is 8.51. The Morgan fingerprint density at radius 3 is 2.62 bits per heavy atom. The first-order chi connectivity index (χ1) is 11.7. The molecule has 2 N–H and O–H groups in total. The van der Waals surface area contributed by atoms with E-state index in [1.54, 1.807) is 12.1 Å². The van der Waals surface area contributed by atoms with Crippen molar-refractivity contribution < 1.29 is 14.3 Å². The molecule has 3 aromatic rings. The van der Waals surface area contributed by atoms with Crippen LogP contribution in [0.15, 0.2) is 76.0 Å². The van der Waals surface area contributed by atoms with Crippen LogP contribution in [0.1, 0.15) is 5.76 Å². The van der Waals surface area contributed by atoms with Crippen LogP contribution in [0, 0.1) is 0 Å². The number of anilines is 1. The number of aliphatic hydroxyl groups excluding tert-OH is 1. The van der Waals surface area contributed by atoms with Crippen molar-refractivity contribution in [2.24, 2.45) is 0 Å². The van der Waals surface area contributed by atoms with Crippen LogP contribution in [0.2, 0.25) is 0 Å². The topological polar surface area (TPSA) is 62.5 Å². The zero-order valence-corrected chi connectivity index (χ0v) is 13.8. The van der Waals surface area contributed by atoms with E-state index >= 15 is 0 Å². The second-order valence-electron chi connectivity index (χ2n) is 5.15. The van der Waals surface area contributed by atoms with Crippen molar-refractivity contribution in [2.45, 2.75) is 11.5 Å². The van der Waals surface area contributed by atoms with E-state index in [1.807, 2.05) is 54.6 Å². The van der Waals surface area contributed by atoms with Crippen LogP contribution in [0.3, 0.4) is 0 Å². The molecule has 3 rings (SSSR count). The third-order valence-corrected chi connectivity index (χ3v) is 4.37. The fourth-order valence-corrected chi connectivity index (χ4v) is 2.95. The maximum atomic E-state index is 12.1.